The number of hydrogen-bond donors (Lipinski definition) is 4. The Kier molecular flexibility index (Phi) is 7.42. The van der Waals surface area contributed by atoms with Crippen LogP contribution in [0, 0.1) is 11.3 Å². The summed E-state index contributed by atoms with van der Waals surface area (Å²) in [5.74, 6) is -1.54. The molecule has 138 valence electrons. The van der Waals surface area contributed by atoms with Crippen molar-refractivity contribution in [3.05, 3.63) is 35.9 Å². The molecule has 4 N–H and O–H groups in total. The summed E-state index contributed by atoms with van der Waals surface area (Å²) in [5.41, 5.74) is -0.126. The lowest BCUT2D eigenvalue weighted by atomic mass is 9.93. The average Bonchev–Trinajstić information content (AvgIpc) is 2.56. The van der Waals surface area contributed by atoms with Crippen LogP contribution in [0.3, 0.4) is 0 Å². The third kappa shape index (κ3) is 6.82. The van der Waals surface area contributed by atoms with Crippen molar-refractivity contribution in [2.75, 3.05) is 6.54 Å². The fourth-order valence-corrected chi connectivity index (χ4v) is 2.00. The fourth-order valence-electron chi connectivity index (χ4n) is 2.00. The molecule has 0 aliphatic carbocycles. The van der Waals surface area contributed by atoms with Gasteiger partial charge in [0.25, 0.3) is 0 Å². The van der Waals surface area contributed by atoms with E-state index in [0.717, 1.165) is 5.56 Å². The minimum atomic E-state index is -1.08. The summed E-state index contributed by atoms with van der Waals surface area (Å²) in [5, 5.41) is 17.0. The van der Waals surface area contributed by atoms with Gasteiger partial charge in [0, 0.05) is 13.1 Å². The van der Waals surface area contributed by atoms with Gasteiger partial charge in [-0.2, -0.15) is 0 Å². The molecule has 0 radical (unpaired) electrons. The molecule has 0 heterocycles. The van der Waals surface area contributed by atoms with Crippen LogP contribution in [-0.2, 0) is 16.1 Å². The number of carbonyl (C=O) groups is 3. The number of nitrogens with one attached hydrogen (secondary N) is 3. The van der Waals surface area contributed by atoms with E-state index in [0.29, 0.717) is 6.54 Å². The Balaban J connectivity index is 2.56. The molecule has 0 aliphatic heterocycles. The number of benzene rings is 1. The fraction of sp³-hybridized carbons (Fsp3) is 0.500. The van der Waals surface area contributed by atoms with Crippen molar-refractivity contribution in [3.63, 3.8) is 0 Å². The first-order chi connectivity index (χ1) is 11.6. The maximum atomic E-state index is 12.3. The van der Waals surface area contributed by atoms with Crippen LogP contribution in [0.4, 0.5) is 4.79 Å². The largest absolute Gasteiger partial charge is 0.481 e. The summed E-state index contributed by atoms with van der Waals surface area (Å²) in [6.07, 6.45) is 0. The normalized spacial score (nSPS) is 12.4. The molecule has 1 unspecified atom stereocenters. The SMILES string of the molecule is CC(C)C(NC(=O)NCc1ccccc1)C(=O)NCC(C)(C)C(=O)O. The van der Waals surface area contributed by atoms with E-state index >= 15 is 0 Å². The van der Waals surface area contributed by atoms with Crippen LogP contribution in [0.15, 0.2) is 30.3 Å². The van der Waals surface area contributed by atoms with E-state index in [2.05, 4.69) is 16.0 Å². The summed E-state index contributed by atoms with van der Waals surface area (Å²) in [6, 6.07) is 8.23. The molecule has 1 rings (SSSR count). The van der Waals surface area contributed by atoms with Gasteiger partial charge >= 0.3 is 12.0 Å². The van der Waals surface area contributed by atoms with E-state index in [4.69, 9.17) is 5.11 Å². The third-order valence-electron chi connectivity index (χ3n) is 3.82. The van der Waals surface area contributed by atoms with Gasteiger partial charge < -0.3 is 21.1 Å². The second-order valence-electron chi connectivity index (χ2n) is 6.94. The lowest BCUT2D eigenvalue weighted by Gasteiger charge is -2.25. The van der Waals surface area contributed by atoms with Crippen LogP contribution in [0.1, 0.15) is 33.3 Å². The quantitative estimate of drug-likeness (QED) is 0.573. The number of carboxylic acids is 1. The Labute approximate surface area is 148 Å². The first kappa shape index (κ1) is 20.5. The van der Waals surface area contributed by atoms with Crippen molar-refractivity contribution < 1.29 is 19.5 Å². The summed E-state index contributed by atoms with van der Waals surface area (Å²) in [7, 11) is 0. The van der Waals surface area contributed by atoms with E-state index in [1.54, 1.807) is 0 Å². The Morgan fingerprint density at radius 3 is 2.20 bits per heavy atom. The van der Waals surface area contributed by atoms with Gasteiger partial charge in [-0.3, -0.25) is 9.59 Å². The molecule has 3 amide bonds. The van der Waals surface area contributed by atoms with Gasteiger partial charge in [-0.1, -0.05) is 44.2 Å². The lowest BCUT2D eigenvalue weighted by Crippen LogP contribution is -2.54. The zero-order valence-electron chi connectivity index (χ0n) is 15.1. The number of urea groups is 1. The van der Waals surface area contributed by atoms with Crippen LogP contribution < -0.4 is 16.0 Å². The molecule has 7 heteroatoms. The van der Waals surface area contributed by atoms with Crippen molar-refractivity contribution in [2.45, 2.75) is 40.3 Å². The molecule has 0 saturated heterocycles. The van der Waals surface area contributed by atoms with E-state index < -0.39 is 29.4 Å². The number of hydrogen-bond acceptors (Lipinski definition) is 3. The highest BCUT2D eigenvalue weighted by Gasteiger charge is 2.30. The monoisotopic (exact) mass is 349 g/mol. The first-order valence-corrected chi connectivity index (χ1v) is 8.23. The van der Waals surface area contributed by atoms with Crippen LogP contribution in [0.2, 0.25) is 0 Å². The van der Waals surface area contributed by atoms with Gasteiger partial charge in [0.05, 0.1) is 5.41 Å². The van der Waals surface area contributed by atoms with Gasteiger partial charge in [-0.25, -0.2) is 4.79 Å². The lowest BCUT2D eigenvalue weighted by molar-refractivity contribution is -0.146. The molecule has 7 nitrogen and oxygen atoms in total. The second kappa shape index (κ2) is 9.05. The Morgan fingerprint density at radius 1 is 1.08 bits per heavy atom. The number of carbonyl (C=O) groups excluding carboxylic acids is 2. The maximum absolute atomic E-state index is 12.3. The van der Waals surface area contributed by atoms with Crippen molar-refractivity contribution in [1.29, 1.82) is 0 Å². The standard InChI is InChI=1S/C18H27N3O4/c1-12(2)14(15(22)20-11-18(3,4)16(23)24)21-17(25)19-10-13-8-6-5-7-9-13/h5-9,12,14H,10-11H2,1-4H3,(H,20,22)(H,23,24)(H2,19,21,25). The molecule has 25 heavy (non-hydrogen) atoms. The van der Waals surface area contributed by atoms with Crippen LogP contribution in [0.5, 0.6) is 0 Å². The second-order valence-corrected chi connectivity index (χ2v) is 6.94. The highest BCUT2D eigenvalue weighted by atomic mass is 16.4. The van der Waals surface area contributed by atoms with Gasteiger partial charge in [-0.15, -0.1) is 0 Å². The Morgan fingerprint density at radius 2 is 1.68 bits per heavy atom. The molecule has 0 spiro atoms. The summed E-state index contributed by atoms with van der Waals surface area (Å²) < 4.78 is 0. The molecule has 0 bridgehead atoms. The maximum Gasteiger partial charge on any atom is 0.315 e. The zero-order chi connectivity index (χ0) is 19.0. The number of rotatable bonds is 8. The predicted molar refractivity (Wildman–Crippen MR) is 94.9 cm³/mol. The van der Waals surface area contributed by atoms with Gasteiger partial charge in [0.2, 0.25) is 5.91 Å². The predicted octanol–water partition coefficient (Wildman–Crippen LogP) is 1.74. The Bertz CT molecular complexity index is 600. The third-order valence-corrected chi connectivity index (χ3v) is 3.82. The van der Waals surface area contributed by atoms with E-state index in [1.807, 2.05) is 44.2 Å². The topological polar surface area (TPSA) is 108 Å². The van der Waals surface area contributed by atoms with Crippen LogP contribution >= 0.6 is 0 Å². The molecular formula is C18H27N3O4. The minimum absolute atomic E-state index is 0.0162. The molecule has 1 aromatic rings. The van der Waals surface area contributed by atoms with Gasteiger partial charge in [0.1, 0.15) is 6.04 Å². The smallest absolute Gasteiger partial charge is 0.315 e. The summed E-state index contributed by atoms with van der Waals surface area (Å²) in [4.78, 5) is 35.5. The van der Waals surface area contributed by atoms with E-state index in [9.17, 15) is 14.4 Å². The number of aliphatic carboxylic acids is 1. The Hall–Kier alpha value is -2.57. The zero-order valence-corrected chi connectivity index (χ0v) is 15.1. The van der Waals surface area contributed by atoms with Crippen molar-refractivity contribution >= 4 is 17.9 Å². The van der Waals surface area contributed by atoms with Crippen molar-refractivity contribution in [2.24, 2.45) is 11.3 Å². The summed E-state index contributed by atoms with van der Waals surface area (Å²) >= 11 is 0. The average molecular weight is 349 g/mol. The van der Waals surface area contributed by atoms with Crippen molar-refractivity contribution in [1.82, 2.24) is 16.0 Å². The highest BCUT2D eigenvalue weighted by Crippen LogP contribution is 2.13. The molecule has 0 aromatic heterocycles. The number of amides is 3. The van der Waals surface area contributed by atoms with Gasteiger partial charge in [-0.05, 0) is 25.3 Å². The summed E-state index contributed by atoms with van der Waals surface area (Å²) in [6.45, 7) is 7.01. The van der Waals surface area contributed by atoms with Crippen LogP contribution in [-0.4, -0.2) is 35.6 Å². The van der Waals surface area contributed by atoms with Crippen molar-refractivity contribution in [3.8, 4) is 0 Å². The van der Waals surface area contributed by atoms with E-state index in [-0.39, 0.29) is 12.5 Å². The molecule has 1 aromatic carbocycles. The molecule has 0 aliphatic rings. The van der Waals surface area contributed by atoms with E-state index in [1.165, 1.54) is 13.8 Å². The van der Waals surface area contributed by atoms with Crippen LogP contribution in [0.25, 0.3) is 0 Å². The minimum Gasteiger partial charge on any atom is -0.481 e. The molecule has 0 fully saturated rings. The number of carboxylic acid groups (broad SMARTS) is 1. The molecule has 0 saturated carbocycles. The first-order valence-electron chi connectivity index (χ1n) is 8.23. The molecule has 1 atom stereocenters. The van der Waals surface area contributed by atoms with Gasteiger partial charge in [0.15, 0.2) is 0 Å². The molecular weight excluding hydrogens is 322 g/mol. The highest BCUT2D eigenvalue weighted by molar-refractivity contribution is 5.87.